The first-order valence-electron chi connectivity index (χ1n) is 7.57. The van der Waals surface area contributed by atoms with Crippen LogP contribution in [0.15, 0.2) is 18.3 Å². The van der Waals surface area contributed by atoms with E-state index in [9.17, 15) is 4.79 Å². The Morgan fingerprint density at radius 3 is 2.70 bits per heavy atom. The van der Waals surface area contributed by atoms with Crippen LogP contribution in [0, 0.1) is 0 Å². The van der Waals surface area contributed by atoms with Crippen LogP contribution in [0.25, 0.3) is 0 Å². The molecule has 0 radical (unpaired) electrons. The number of rotatable bonds is 4. The molecule has 1 fully saturated rings. The molecule has 0 unspecified atom stereocenters. The number of hydrogen-bond acceptors (Lipinski definition) is 7. The fourth-order valence-corrected chi connectivity index (χ4v) is 2.93. The Kier molecular flexibility index (Phi) is 4.82. The summed E-state index contributed by atoms with van der Waals surface area (Å²) in [7, 11) is 0. The third-order valence-electron chi connectivity index (χ3n) is 3.50. The summed E-state index contributed by atoms with van der Waals surface area (Å²) in [5.74, 6) is 0.938. The molecule has 0 bridgehead atoms. The number of morpholine rings is 1. The van der Waals surface area contributed by atoms with Crippen molar-refractivity contribution in [2.75, 3.05) is 36.5 Å². The van der Waals surface area contributed by atoms with Gasteiger partial charge in [-0.3, -0.25) is 10.1 Å². The first-order valence-corrected chi connectivity index (χ1v) is 8.38. The van der Waals surface area contributed by atoms with Crippen molar-refractivity contribution < 1.29 is 9.53 Å². The Morgan fingerprint density at radius 2 is 2.09 bits per heavy atom. The van der Waals surface area contributed by atoms with E-state index in [0.717, 1.165) is 23.9 Å². The van der Waals surface area contributed by atoms with Crippen LogP contribution in [0.1, 0.15) is 35.1 Å². The minimum atomic E-state index is -0.225. The van der Waals surface area contributed by atoms with Gasteiger partial charge in [-0.05, 0) is 12.1 Å². The third kappa shape index (κ3) is 3.83. The fraction of sp³-hybridized carbons (Fsp3) is 0.467. The summed E-state index contributed by atoms with van der Waals surface area (Å²) in [6.07, 6.45) is 1.59. The van der Waals surface area contributed by atoms with Crippen LogP contribution < -0.4 is 10.2 Å². The molecule has 1 aliphatic rings. The van der Waals surface area contributed by atoms with Gasteiger partial charge in [0.2, 0.25) is 5.13 Å². The summed E-state index contributed by atoms with van der Waals surface area (Å²) in [6.45, 7) is 7.14. The molecule has 2 aromatic heterocycles. The summed E-state index contributed by atoms with van der Waals surface area (Å²) in [6, 6.07) is 3.64. The van der Waals surface area contributed by atoms with Gasteiger partial charge in [0.1, 0.15) is 10.8 Å². The van der Waals surface area contributed by atoms with Gasteiger partial charge < -0.3 is 9.64 Å². The molecule has 8 heteroatoms. The number of carbonyl (C=O) groups is 1. The fourth-order valence-electron chi connectivity index (χ4n) is 2.19. The van der Waals surface area contributed by atoms with Gasteiger partial charge in [-0.1, -0.05) is 25.2 Å². The van der Waals surface area contributed by atoms with E-state index in [2.05, 4.69) is 25.4 Å². The summed E-state index contributed by atoms with van der Waals surface area (Å²) < 4.78 is 5.32. The van der Waals surface area contributed by atoms with Crippen molar-refractivity contribution in [2.24, 2.45) is 0 Å². The minimum Gasteiger partial charge on any atom is -0.378 e. The predicted octanol–water partition coefficient (Wildman–Crippen LogP) is 2.15. The van der Waals surface area contributed by atoms with Crippen LogP contribution in [0.2, 0.25) is 0 Å². The molecule has 1 saturated heterocycles. The van der Waals surface area contributed by atoms with E-state index in [4.69, 9.17) is 4.74 Å². The zero-order valence-electron chi connectivity index (χ0n) is 13.2. The Balaban J connectivity index is 1.64. The number of amides is 1. The Hall–Kier alpha value is -2.06. The van der Waals surface area contributed by atoms with E-state index in [1.165, 1.54) is 11.3 Å². The van der Waals surface area contributed by atoms with E-state index >= 15 is 0 Å². The number of nitrogens with zero attached hydrogens (tertiary/aromatic N) is 4. The van der Waals surface area contributed by atoms with Crippen LogP contribution >= 0.6 is 11.3 Å². The summed E-state index contributed by atoms with van der Waals surface area (Å²) in [4.78, 5) is 18.8. The molecule has 2 aromatic rings. The second-order valence-corrected chi connectivity index (χ2v) is 6.57. The van der Waals surface area contributed by atoms with Gasteiger partial charge >= 0.3 is 0 Å². The highest BCUT2D eigenvalue weighted by atomic mass is 32.1. The number of anilines is 2. The maximum atomic E-state index is 12.2. The number of ether oxygens (including phenoxy) is 1. The van der Waals surface area contributed by atoms with Crippen LogP contribution in [0.5, 0.6) is 0 Å². The molecule has 0 spiro atoms. The zero-order valence-corrected chi connectivity index (χ0v) is 14.0. The first kappa shape index (κ1) is 15.8. The molecule has 0 aromatic carbocycles. The average molecular weight is 333 g/mol. The van der Waals surface area contributed by atoms with Crippen LogP contribution in [-0.4, -0.2) is 47.4 Å². The lowest BCUT2D eigenvalue weighted by molar-refractivity contribution is 0.102. The lowest BCUT2D eigenvalue weighted by Gasteiger charge is -2.27. The monoisotopic (exact) mass is 333 g/mol. The van der Waals surface area contributed by atoms with Gasteiger partial charge in [-0.25, -0.2) is 4.98 Å². The van der Waals surface area contributed by atoms with Crippen molar-refractivity contribution >= 4 is 28.2 Å². The minimum absolute atomic E-state index is 0.225. The van der Waals surface area contributed by atoms with Gasteiger partial charge in [0, 0.05) is 25.2 Å². The number of carbonyl (C=O) groups excluding carboxylic acids is 1. The molecule has 0 saturated carbocycles. The Labute approximate surface area is 138 Å². The zero-order chi connectivity index (χ0) is 16.2. The lowest BCUT2D eigenvalue weighted by atomic mass is 10.2. The molecule has 1 amide bonds. The van der Waals surface area contributed by atoms with Gasteiger partial charge in [-0.2, -0.15) is 0 Å². The van der Waals surface area contributed by atoms with Crippen molar-refractivity contribution in [1.82, 2.24) is 15.2 Å². The largest absolute Gasteiger partial charge is 0.378 e. The molecular formula is C15H19N5O2S. The Bertz CT molecular complexity index is 665. The molecule has 23 heavy (non-hydrogen) atoms. The second kappa shape index (κ2) is 7.01. The Morgan fingerprint density at radius 1 is 1.30 bits per heavy atom. The van der Waals surface area contributed by atoms with Crippen molar-refractivity contribution in [3.63, 3.8) is 0 Å². The molecule has 7 nitrogen and oxygen atoms in total. The number of hydrogen-bond donors (Lipinski definition) is 1. The second-order valence-electron chi connectivity index (χ2n) is 5.56. The average Bonchev–Trinajstić information content (AvgIpc) is 3.04. The van der Waals surface area contributed by atoms with Crippen molar-refractivity contribution in [2.45, 2.75) is 19.8 Å². The van der Waals surface area contributed by atoms with Gasteiger partial charge in [0.05, 0.1) is 18.8 Å². The predicted molar refractivity (Wildman–Crippen MR) is 89.2 cm³/mol. The van der Waals surface area contributed by atoms with Crippen LogP contribution in [0.4, 0.5) is 10.9 Å². The quantitative estimate of drug-likeness (QED) is 0.923. The van der Waals surface area contributed by atoms with E-state index in [-0.39, 0.29) is 5.91 Å². The lowest BCUT2D eigenvalue weighted by Crippen LogP contribution is -2.36. The highest BCUT2D eigenvalue weighted by Gasteiger charge is 2.15. The molecular weight excluding hydrogens is 314 g/mol. The number of aromatic nitrogens is 3. The highest BCUT2D eigenvalue weighted by Crippen LogP contribution is 2.23. The number of pyridine rings is 1. The van der Waals surface area contributed by atoms with Crippen molar-refractivity contribution in [3.8, 4) is 0 Å². The third-order valence-corrected chi connectivity index (χ3v) is 4.64. The summed E-state index contributed by atoms with van der Waals surface area (Å²) >= 11 is 1.39. The summed E-state index contributed by atoms with van der Waals surface area (Å²) in [5.41, 5.74) is 0.503. The molecule has 0 atom stereocenters. The molecule has 122 valence electrons. The standard InChI is InChI=1S/C15H19N5O2S/c1-10(2)14-18-19-15(23-14)17-13(21)11-3-4-12(16-9-11)20-5-7-22-8-6-20/h3-4,9-10H,5-8H2,1-2H3,(H,17,19,21). The SMILES string of the molecule is CC(C)c1nnc(NC(=O)c2ccc(N3CCOCC3)nc2)s1. The molecule has 1 N–H and O–H groups in total. The molecule has 3 heterocycles. The van der Waals surface area contributed by atoms with E-state index in [0.29, 0.717) is 29.8 Å². The van der Waals surface area contributed by atoms with Gasteiger partial charge in [0.25, 0.3) is 5.91 Å². The highest BCUT2D eigenvalue weighted by molar-refractivity contribution is 7.15. The normalized spacial score (nSPS) is 15.0. The summed E-state index contributed by atoms with van der Waals surface area (Å²) in [5, 5.41) is 12.2. The van der Waals surface area contributed by atoms with Crippen molar-refractivity contribution in [1.29, 1.82) is 0 Å². The van der Waals surface area contributed by atoms with E-state index in [1.807, 2.05) is 19.9 Å². The van der Waals surface area contributed by atoms with E-state index < -0.39 is 0 Å². The molecule has 3 rings (SSSR count). The molecule has 1 aliphatic heterocycles. The van der Waals surface area contributed by atoms with Crippen molar-refractivity contribution in [3.05, 3.63) is 28.9 Å². The topological polar surface area (TPSA) is 80.2 Å². The maximum absolute atomic E-state index is 12.2. The van der Waals surface area contributed by atoms with Gasteiger partial charge in [0.15, 0.2) is 0 Å². The smallest absolute Gasteiger partial charge is 0.259 e. The van der Waals surface area contributed by atoms with Gasteiger partial charge in [-0.15, -0.1) is 10.2 Å². The number of nitrogens with one attached hydrogen (secondary N) is 1. The van der Waals surface area contributed by atoms with Crippen LogP contribution in [-0.2, 0) is 4.74 Å². The first-order chi connectivity index (χ1) is 11.1. The maximum Gasteiger partial charge on any atom is 0.259 e. The van der Waals surface area contributed by atoms with E-state index in [1.54, 1.807) is 12.3 Å². The van der Waals surface area contributed by atoms with Crippen LogP contribution in [0.3, 0.4) is 0 Å². The molecule has 0 aliphatic carbocycles.